The van der Waals surface area contributed by atoms with Crippen molar-refractivity contribution < 1.29 is 14.0 Å². The number of likely N-dealkylation sites (tertiary alicyclic amines) is 1. The van der Waals surface area contributed by atoms with E-state index in [1.807, 2.05) is 0 Å². The second kappa shape index (κ2) is 7.27. The second-order valence-corrected chi connectivity index (χ2v) is 8.25. The Morgan fingerprint density at radius 1 is 1.23 bits per heavy atom. The van der Waals surface area contributed by atoms with Gasteiger partial charge >= 0.3 is 0 Å². The molecule has 138 valence electrons. The summed E-state index contributed by atoms with van der Waals surface area (Å²) in [6, 6.07) is 2.93. The van der Waals surface area contributed by atoms with Crippen molar-refractivity contribution in [3.8, 4) is 0 Å². The maximum Gasteiger partial charge on any atom is 0.290 e. The Balaban J connectivity index is 1.52. The third kappa shape index (κ3) is 3.18. The number of furan rings is 1. The average molecular weight is 372 g/mol. The highest BCUT2D eigenvalue weighted by Crippen LogP contribution is 2.37. The van der Waals surface area contributed by atoms with Gasteiger partial charge in [-0.3, -0.25) is 9.59 Å². The van der Waals surface area contributed by atoms with Gasteiger partial charge in [-0.15, -0.1) is 11.3 Å². The smallest absolute Gasteiger partial charge is 0.290 e. The van der Waals surface area contributed by atoms with Crippen LogP contribution in [0.25, 0.3) is 0 Å². The number of fused-ring (bicyclic) bond motifs is 1. The van der Waals surface area contributed by atoms with Crippen LogP contribution in [-0.2, 0) is 17.6 Å². The number of carbonyl (C=O) groups excluding carboxylic acids is 2. The first-order chi connectivity index (χ1) is 12.6. The Bertz CT molecular complexity index is 809. The first-order valence-corrected chi connectivity index (χ1v) is 10.2. The van der Waals surface area contributed by atoms with Gasteiger partial charge in [0.1, 0.15) is 6.04 Å². The summed E-state index contributed by atoms with van der Waals surface area (Å²) in [6.45, 7) is 2.69. The molecule has 0 saturated carbocycles. The van der Waals surface area contributed by atoms with Gasteiger partial charge in [0, 0.05) is 11.4 Å². The van der Waals surface area contributed by atoms with Gasteiger partial charge in [-0.05, 0) is 75.1 Å². The molecular weight excluding hydrogens is 348 g/mol. The number of hydrogen-bond acceptors (Lipinski definition) is 4. The highest BCUT2D eigenvalue weighted by molar-refractivity contribution is 7.16. The van der Waals surface area contributed by atoms with Crippen molar-refractivity contribution in [3.05, 3.63) is 40.2 Å². The molecule has 26 heavy (non-hydrogen) atoms. The van der Waals surface area contributed by atoms with Gasteiger partial charge in [0.05, 0.1) is 11.3 Å². The van der Waals surface area contributed by atoms with Crippen molar-refractivity contribution in [2.75, 3.05) is 11.9 Å². The van der Waals surface area contributed by atoms with Crippen LogP contribution in [-0.4, -0.2) is 29.3 Å². The zero-order valence-electron chi connectivity index (χ0n) is 15.0. The van der Waals surface area contributed by atoms with Gasteiger partial charge in [0.15, 0.2) is 5.76 Å². The molecule has 0 radical (unpaired) electrons. The number of rotatable bonds is 3. The number of anilines is 1. The van der Waals surface area contributed by atoms with Gasteiger partial charge in [-0.25, -0.2) is 0 Å². The van der Waals surface area contributed by atoms with Crippen LogP contribution in [0.5, 0.6) is 0 Å². The van der Waals surface area contributed by atoms with Crippen LogP contribution < -0.4 is 5.32 Å². The molecule has 2 amide bonds. The maximum absolute atomic E-state index is 13.0. The predicted molar refractivity (Wildman–Crippen MR) is 102 cm³/mol. The van der Waals surface area contributed by atoms with Crippen LogP contribution in [0, 0.1) is 6.92 Å². The molecule has 4 rings (SSSR count). The fourth-order valence-corrected chi connectivity index (χ4v) is 5.33. The predicted octanol–water partition coefficient (Wildman–Crippen LogP) is 4.16. The lowest BCUT2D eigenvalue weighted by Gasteiger charge is -2.34. The van der Waals surface area contributed by atoms with Crippen LogP contribution in [0.1, 0.15) is 58.7 Å². The van der Waals surface area contributed by atoms with E-state index in [9.17, 15) is 9.59 Å². The van der Waals surface area contributed by atoms with Crippen molar-refractivity contribution in [1.82, 2.24) is 4.90 Å². The Morgan fingerprint density at radius 3 is 2.85 bits per heavy atom. The molecule has 0 aromatic carbocycles. The van der Waals surface area contributed by atoms with E-state index in [-0.39, 0.29) is 11.8 Å². The highest BCUT2D eigenvalue weighted by Gasteiger charge is 2.34. The van der Waals surface area contributed by atoms with Crippen molar-refractivity contribution in [2.45, 2.75) is 57.9 Å². The third-order valence-corrected chi connectivity index (χ3v) is 6.78. The molecule has 2 aromatic rings. The minimum atomic E-state index is -0.431. The number of piperidine rings is 1. The molecule has 0 spiro atoms. The molecule has 1 aliphatic carbocycles. The van der Waals surface area contributed by atoms with E-state index in [0.29, 0.717) is 18.7 Å². The lowest BCUT2D eigenvalue weighted by atomic mass is 9.96. The monoisotopic (exact) mass is 372 g/mol. The molecule has 2 aliphatic rings. The van der Waals surface area contributed by atoms with E-state index >= 15 is 0 Å². The van der Waals surface area contributed by atoms with Crippen LogP contribution >= 0.6 is 11.3 Å². The van der Waals surface area contributed by atoms with E-state index in [2.05, 4.69) is 12.2 Å². The minimum Gasteiger partial charge on any atom is -0.459 e. The minimum absolute atomic E-state index is 0.0775. The molecule has 3 heterocycles. The normalized spacial score (nSPS) is 19.9. The van der Waals surface area contributed by atoms with E-state index in [1.54, 1.807) is 28.4 Å². The Hall–Kier alpha value is -2.08. The molecule has 1 aliphatic heterocycles. The zero-order chi connectivity index (χ0) is 18.1. The molecule has 1 unspecified atom stereocenters. The number of carbonyl (C=O) groups is 2. The van der Waals surface area contributed by atoms with E-state index < -0.39 is 6.04 Å². The van der Waals surface area contributed by atoms with Crippen molar-refractivity contribution in [3.63, 3.8) is 0 Å². The lowest BCUT2D eigenvalue weighted by molar-refractivity contribution is -0.121. The fourth-order valence-electron chi connectivity index (χ4n) is 4.03. The maximum atomic E-state index is 13.0. The molecule has 1 saturated heterocycles. The highest BCUT2D eigenvalue weighted by atomic mass is 32.1. The molecule has 2 aromatic heterocycles. The quantitative estimate of drug-likeness (QED) is 0.880. The van der Waals surface area contributed by atoms with E-state index in [1.165, 1.54) is 35.1 Å². The number of nitrogens with zero attached hydrogens (tertiary/aromatic N) is 1. The Labute approximate surface area is 157 Å². The summed E-state index contributed by atoms with van der Waals surface area (Å²) in [6.07, 6.45) is 8.75. The average Bonchev–Trinajstić information content (AvgIpc) is 3.31. The molecule has 5 nitrogen and oxygen atoms in total. The number of nitrogens with one attached hydrogen (secondary N) is 1. The van der Waals surface area contributed by atoms with Crippen molar-refractivity contribution in [2.24, 2.45) is 0 Å². The number of aryl methyl sites for hydroxylation is 1. The number of amides is 2. The summed E-state index contributed by atoms with van der Waals surface area (Å²) in [5.74, 6) is 0.0239. The summed E-state index contributed by atoms with van der Waals surface area (Å²) in [7, 11) is 0. The van der Waals surface area contributed by atoms with Crippen LogP contribution in [0.2, 0.25) is 0 Å². The first-order valence-electron chi connectivity index (χ1n) is 9.41. The van der Waals surface area contributed by atoms with Gasteiger partial charge in [-0.1, -0.05) is 0 Å². The SMILES string of the molecule is Cc1c(NC(=O)C2CCCCN2C(=O)c2ccco2)sc2c1CCCC2. The molecule has 6 heteroatoms. The van der Waals surface area contributed by atoms with E-state index in [0.717, 1.165) is 30.7 Å². The number of thiophene rings is 1. The molecule has 0 bridgehead atoms. The lowest BCUT2D eigenvalue weighted by Crippen LogP contribution is -2.49. The van der Waals surface area contributed by atoms with Gasteiger partial charge in [0.2, 0.25) is 5.91 Å². The Morgan fingerprint density at radius 2 is 2.08 bits per heavy atom. The zero-order valence-corrected chi connectivity index (χ0v) is 15.9. The van der Waals surface area contributed by atoms with E-state index in [4.69, 9.17) is 4.42 Å². The summed E-state index contributed by atoms with van der Waals surface area (Å²) >= 11 is 1.71. The summed E-state index contributed by atoms with van der Waals surface area (Å²) in [4.78, 5) is 28.8. The first kappa shape index (κ1) is 17.3. The van der Waals surface area contributed by atoms with Crippen molar-refractivity contribution >= 4 is 28.2 Å². The van der Waals surface area contributed by atoms with Crippen molar-refractivity contribution in [1.29, 1.82) is 0 Å². The largest absolute Gasteiger partial charge is 0.459 e. The topological polar surface area (TPSA) is 62.6 Å². The van der Waals surface area contributed by atoms with Gasteiger partial charge < -0.3 is 14.6 Å². The Kier molecular flexibility index (Phi) is 4.85. The van der Waals surface area contributed by atoms with Gasteiger partial charge in [0.25, 0.3) is 5.91 Å². The van der Waals surface area contributed by atoms with Crippen LogP contribution in [0.3, 0.4) is 0 Å². The molecule has 1 N–H and O–H groups in total. The molecule has 1 fully saturated rings. The summed E-state index contributed by atoms with van der Waals surface area (Å²) < 4.78 is 5.25. The standard InChI is InChI=1S/C20H24N2O3S/c1-13-14-7-2-3-10-17(14)26-19(13)21-18(23)15-8-4-5-11-22(15)20(24)16-9-6-12-25-16/h6,9,12,15H,2-5,7-8,10-11H2,1H3,(H,21,23). The van der Waals surface area contributed by atoms with Crippen LogP contribution in [0.4, 0.5) is 5.00 Å². The second-order valence-electron chi connectivity index (χ2n) is 7.14. The molecule has 1 atom stereocenters. The summed E-state index contributed by atoms with van der Waals surface area (Å²) in [5.41, 5.74) is 2.63. The number of hydrogen-bond donors (Lipinski definition) is 1. The fraction of sp³-hybridized carbons (Fsp3) is 0.500. The molecular formula is C20H24N2O3S. The van der Waals surface area contributed by atoms with Crippen LogP contribution in [0.15, 0.2) is 22.8 Å². The summed E-state index contributed by atoms with van der Waals surface area (Å²) in [5, 5.41) is 4.08. The van der Waals surface area contributed by atoms with Gasteiger partial charge in [-0.2, -0.15) is 0 Å². The third-order valence-electron chi connectivity index (χ3n) is 5.47.